The van der Waals surface area contributed by atoms with Gasteiger partial charge in [-0.3, -0.25) is 0 Å². The van der Waals surface area contributed by atoms with E-state index in [0.717, 1.165) is 17.8 Å². The van der Waals surface area contributed by atoms with Crippen molar-refractivity contribution in [2.24, 2.45) is 5.73 Å². The fourth-order valence-corrected chi connectivity index (χ4v) is 1.59. The monoisotopic (exact) mass is 194 g/mol. The van der Waals surface area contributed by atoms with Gasteiger partial charge in [-0.2, -0.15) is 0 Å². The largest absolute Gasteiger partial charge is 0.348 e. The smallest absolute Gasteiger partial charge is 0.0952 e. The molecule has 0 aliphatic heterocycles. The second kappa shape index (κ2) is 3.68. The average molecular weight is 194 g/mol. The zero-order chi connectivity index (χ0) is 9.10. The van der Waals surface area contributed by atoms with Gasteiger partial charge in [-0.1, -0.05) is 4.49 Å². The van der Waals surface area contributed by atoms with Crippen molar-refractivity contribution in [2.45, 2.75) is 13.1 Å². The van der Waals surface area contributed by atoms with Gasteiger partial charge in [-0.25, -0.2) is 0 Å². The molecule has 2 aromatic rings. The van der Waals surface area contributed by atoms with Gasteiger partial charge in [0.2, 0.25) is 0 Å². The molecular formula is C8H10N4S. The molecule has 0 radical (unpaired) electrons. The van der Waals surface area contributed by atoms with Gasteiger partial charge in [-0.05, 0) is 23.2 Å². The molecule has 4 nitrogen and oxygen atoms in total. The van der Waals surface area contributed by atoms with Gasteiger partial charge in [0.05, 0.1) is 12.2 Å². The molecule has 0 aliphatic carbocycles. The maximum absolute atomic E-state index is 5.50. The molecule has 0 saturated heterocycles. The lowest BCUT2D eigenvalue weighted by atomic mass is 10.3. The highest BCUT2D eigenvalue weighted by molar-refractivity contribution is 7.03. The van der Waals surface area contributed by atoms with Crippen molar-refractivity contribution < 1.29 is 0 Å². The van der Waals surface area contributed by atoms with Gasteiger partial charge < -0.3 is 10.3 Å². The summed E-state index contributed by atoms with van der Waals surface area (Å²) < 4.78 is 5.85. The molecule has 0 unspecified atom stereocenters. The molecule has 0 fully saturated rings. The van der Waals surface area contributed by atoms with Crippen LogP contribution in [0.3, 0.4) is 0 Å². The van der Waals surface area contributed by atoms with E-state index in [1.54, 1.807) is 0 Å². The highest BCUT2D eigenvalue weighted by Crippen LogP contribution is 2.04. The lowest BCUT2D eigenvalue weighted by Crippen LogP contribution is -1.98. The van der Waals surface area contributed by atoms with Crippen LogP contribution in [0.4, 0.5) is 0 Å². The van der Waals surface area contributed by atoms with Crippen LogP contribution in [0, 0.1) is 0 Å². The fraction of sp³-hybridized carbons (Fsp3) is 0.250. The van der Waals surface area contributed by atoms with E-state index in [-0.39, 0.29) is 0 Å². The molecule has 0 aliphatic rings. The Labute approximate surface area is 80.2 Å². The van der Waals surface area contributed by atoms with Crippen LogP contribution in [-0.4, -0.2) is 14.2 Å². The van der Waals surface area contributed by atoms with Crippen molar-refractivity contribution in [3.8, 4) is 0 Å². The first-order chi connectivity index (χ1) is 6.38. The molecule has 0 bridgehead atoms. The summed E-state index contributed by atoms with van der Waals surface area (Å²) in [4.78, 5) is 0. The van der Waals surface area contributed by atoms with Crippen LogP contribution < -0.4 is 5.73 Å². The third kappa shape index (κ3) is 1.93. The fourth-order valence-electron chi connectivity index (χ4n) is 1.15. The van der Waals surface area contributed by atoms with E-state index in [1.165, 1.54) is 11.5 Å². The lowest BCUT2D eigenvalue weighted by molar-refractivity contribution is 0.771. The van der Waals surface area contributed by atoms with Crippen LogP contribution >= 0.6 is 11.5 Å². The van der Waals surface area contributed by atoms with Crippen LogP contribution in [0.15, 0.2) is 23.8 Å². The maximum Gasteiger partial charge on any atom is 0.0952 e. The van der Waals surface area contributed by atoms with E-state index in [2.05, 4.69) is 14.2 Å². The SMILES string of the molecule is NCc1ccn(Cc2csnn2)c1. The van der Waals surface area contributed by atoms with Gasteiger partial charge >= 0.3 is 0 Å². The Hall–Kier alpha value is -1.20. The highest BCUT2D eigenvalue weighted by Gasteiger charge is 1.98. The molecule has 13 heavy (non-hydrogen) atoms. The molecule has 0 aromatic carbocycles. The number of rotatable bonds is 3. The Morgan fingerprint density at radius 2 is 2.46 bits per heavy atom. The molecule has 2 N–H and O–H groups in total. The molecule has 0 saturated carbocycles. The first-order valence-corrected chi connectivity index (χ1v) is 4.83. The molecule has 5 heteroatoms. The van der Waals surface area contributed by atoms with E-state index < -0.39 is 0 Å². The zero-order valence-corrected chi connectivity index (χ0v) is 7.87. The number of nitrogens with two attached hydrogens (primary N) is 1. The van der Waals surface area contributed by atoms with Gasteiger partial charge in [0.1, 0.15) is 0 Å². The second-order valence-electron chi connectivity index (χ2n) is 2.79. The second-order valence-corrected chi connectivity index (χ2v) is 3.40. The minimum absolute atomic E-state index is 0.586. The van der Waals surface area contributed by atoms with Crippen molar-refractivity contribution in [1.29, 1.82) is 0 Å². The van der Waals surface area contributed by atoms with Crippen LogP contribution in [-0.2, 0) is 13.1 Å². The Morgan fingerprint density at radius 3 is 3.08 bits per heavy atom. The molecule has 0 spiro atoms. The molecule has 2 aromatic heterocycles. The number of hydrogen-bond donors (Lipinski definition) is 1. The van der Waals surface area contributed by atoms with Gasteiger partial charge in [0, 0.05) is 24.3 Å². The minimum Gasteiger partial charge on any atom is -0.348 e. The third-order valence-electron chi connectivity index (χ3n) is 1.80. The predicted molar refractivity (Wildman–Crippen MR) is 51.3 cm³/mol. The van der Waals surface area contributed by atoms with Crippen molar-refractivity contribution >= 4 is 11.5 Å². The van der Waals surface area contributed by atoms with Gasteiger partial charge in [-0.15, -0.1) is 5.10 Å². The first-order valence-electron chi connectivity index (χ1n) is 3.99. The summed E-state index contributed by atoms with van der Waals surface area (Å²) in [5.74, 6) is 0. The van der Waals surface area contributed by atoms with E-state index in [0.29, 0.717) is 6.54 Å². The van der Waals surface area contributed by atoms with Crippen molar-refractivity contribution in [3.63, 3.8) is 0 Å². The summed E-state index contributed by atoms with van der Waals surface area (Å²) in [6.07, 6.45) is 4.03. The first kappa shape index (κ1) is 8.40. The molecular weight excluding hydrogens is 184 g/mol. The Balaban J connectivity index is 2.10. The van der Waals surface area contributed by atoms with Gasteiger partial charge in [0.15, 0.2) is 0 Å². The summed E-state index contributed by atoms with van der Waals surface area (Å²) in [5, 5.41) is 5.91. The molecule has 0 atom stereocenters. The lowest BCUT2D eigenvalue weighted by Gasteiger charge is -1.96. The normalized spacial score (nSPS) is 10.5. The highest BCUT2D eigenvalue weighted by atomic mass is 32.1. The Kier molecular flexibility index (Phi) is 2.37. The number of nitrogens with zero attached hydrogens (tertiary/aromatic N) is 3. The standard InChI is InChI=1S/C8H10N4S/c9-3-7-1-2-12(4-7)5-8-6-13-11-10-8/h1-2,4,6H,3,5,9H2. The van der Waals surface area contributed by atoms with Crippen LogP contribution in [0.5, 0.6) is 0 Å². The van der Waals surface area contributed by atoms with Crippen LogP contribution in [0.25, 0.3) is 0 Å². The van der Waals surface area contributed by atoms with Crippen molar-refractivity contribution in [2.75, 3.05) is 0 Å². The Morgan fingerprint density at radius 1 is 1.54 bits per heavy atom. The summed E-state index contributed by atoms with van der Waals surface area (Å²) in [6, 6.07) is 2.01. The van der Waals surface area contributed by atoms with Crippen molar-refractivity contribution in [1.82, 2.24) is 14.2 Å². The summed E-state index contributed by atoms with van der Waals surface area (Å²) in [6.45, 7) is 1.36. The van der Waals surface area contributed by atoms with Crippen LogP contribution in [0.2, 0.25) is 0 Å². The zero-order valence-electron chi connectivity index (χ0n) is 7.05. The maximum atomic E-state index is 5.50. The summed E-state index contributed by atoms with van der Waals surface area (Å²) in [5.41, 5.74) is 7.63. The quantitative estimate of drug-likeness (QED) is 0.788. The number of aromatic nitrogens is 3. The van der Waals surface area contributed by atoms with E-state index in [9.17, 15) is 0 Å². The molecule has 2 heterocycles. The topological polar surface area (TPSA) is 56.7 Å². The average Bonchev–Trinajstić information content (AvgIpc) is 2.76. The third-order valence-corrected chi connectivity index (χ3v) is 2.35. The summed E-state index contributed by atoms with van der Waals surface area (Å²) in [7, 11) is 0. The van der Waals surface area contributed by atoms with E-state index in [4.69, 9.17) is 5.73 Å². The summed E-state index contributed by atoms with van der Waals surface area (Å²) >= 11 is 1.37. The van der Waals surface area contributed by atoms with Crippen molar-refractivity contribution in [3.05, 3.63) is 35.1 Å². The molecule has 2 rings (SSSR count). The number of hydrogen-bond acceptors (Lipinski definition) is 4. The minimum atomic E-state index is 0.586. The van der Waals surface area contributed by atoms with E-state index in [1.807, 2.05) is 23.8 Å². The molecule has 0 amide bonds. The Bertz CT molecular complexity index is 365. The van der Waals surface area contributed by atoms with Crippen LogP contribution in [0.1, 0.15) is 11.3 Å². The van der Waals surface area contributed by atoms with E-state index >= 15 is 0 Å². The predicted octanol–water partition coefficient (Wildman–Crippen LogP) is 0.847. The van der Waals surface area contributed by atoms with Gasteiger partial charge in [0.25, 0.3) is 0 Å². The molecule has 68 valence electrons.